The van der Waals surface area contributed by atoms with E-state index in [2.05, 4.69) is 16.7 Å². The number of benzene rings is 2. The molecule has 0 bridgehead atoms. The first-order valence-corrected chi connectivity index (χ1v) is 13.9. The molecule has 2 aromatic carbocycles. The second-order valence-corrected chi connectivity index (χ2v) is 11.2. The Bertz CT molecular complexity index is 1560. The fraction of sp³-hybridized carbons (Fsp3) is 0.259. The highest BCUT2D eigenvalue weighted by atomic mass is 32.2. The van der Waals surface area contributed by atoms with E-state index in [1.165, 1.54) is 12.1 Å². The van der Waals surface area contributed by atoms with Crippen LogP contribution in [0.4, 0.5) is 10.2 Å². The molecule has 10 nitrogen and oxygen atoms in total. The van der Waals surface area contributed by atoms with Crippen LogP contribution in [0.3, 0.4) is 0 Å². The zero-order chi connectivity index (χ0) is 28.2. The normalized spacial score (nSPS) is 16.6. The minimum Gasteiger partial charge on any atom is -0.369 e. The molecule has 3 aromatic rings. The molecule has 1 aliphatic rings. The van der Waals surface area contributed by atoms with Crippen LogP contribution in [0, 0.1) is 17.1 Å². The number of aromatic nitrogens is 1. The molecule has 12 heteroatoms. The van der Waals surface area contributed by atoms with Gasteiger partial charge in [0.05, 0.1) is 42.1 Å². The number of hydrogen-bond donors (Lipinski definition) is 3. The van der Waals surface area contributed by atoms with Gasteiger partial charge in [0, 0.05) is 24.2 Å². The largest absolute Gasteiger partial charge is 0.369 e. The molecule has 2 unspecified atom stereocenters. The summed E-state index contributed by atoms with van der Waals surface area (Å²) in [5, 5.41) is 15.4. The van der Waals surface area contributed by atoms with Crippen molar-refractivity contribution >= 4 is 27.7 Å². The molecule has 0 spiro atoms. The summed E-state index contributed by atoms with van der Waals surface area (Å²) in [6.07, 6.45) is 1.42. The monoisotopic (exact) mass is 550 g/mol. The first kappa shape index (κ1) is 27.7. The minimum absolute atomic E-state index is 0.153. The Morgan fingerprint density at radius 3 is 2.72 bits per heavy atom. The molecule has 4 rings (SSSR count). The van der Waals surface area contributed by atoms with Gasteiger partial charge in [-0.15, -0.1) is 0 Å². The molecule has 0 saturated carbocycles. The van der Waals surface area contributed by atoms with Gasteiger partial charge >= 0.3 is 0 Å². The molecule has 2 atom stereocenters. The SMILES string of the molecule is CS(=O)(=O)N1CC(=O)NC(C(C(N)=O)c2ccc(-c3ccccc3C#N)nc2NCCc2cccc(F)c2)C1. The number of sulfonamides is 1. The van der Waals surface area contributed by atoms with E-state index in [-0.39, 0.29) is 24.7 Å². The lowest BCUT2D eigenvalue weighted by molar-refractivity contribution is -0.125. The summed E-state index contributed by atoms with van der Waals surface area (Å²) in [5.41, 5.74) is 8.32. The van der Waals surface area contributed by atoms with Gasteiger partial charge in [0.15, 0.2) is 0 Å². The van der Waals surface area contributed by atoms with Crippen molar-refractivity contribution < 1.29 is 22.4 Å². The van der Waals surface area contributed by atoms with Gasteiger partial charge in [-0.1, -0.05) is 36.4 Å². The van der Waals surface area contributed by atoms with E-state index < -0.39 is 33.8 Å². The number of carbonyl (C=O) groups is 2. The van der Waals surface area contributed by atoms with Crippen molar-refractivity contribution in [3.63, 3.8) is 0 Å². The van der Waals surface area contributed by atoms with Crippen molar-refractivity contribution in [3.05, 3.63) is 83.2 Å². The maximum absolute atomic E-state index is 13.6. The number of carbonyl (C=O) groups excluding carboxylic acids is 2. The highest BCUT2D eigenvalue weighted by Gasteiger charge is 2.39. The minimum atomic E-state index is -3.71. The summed E-state index contributed by atoms with van der Waals surface area (Å²) in [4.78, 5) is 29.8. The molecule has 202 valence electrons. The molecule has 1 aromatic heterocycles. The molecule has 4 N–H and O–H groups in total. The molecule has 0 radical (unpaired) electrons. The Balaban J connectivity index is 1.74. The van der Waals surface area contributed by atoms with Crippen LogP contribution in [-0.4, -0.2) is 61.5 Å². The van der Waals surface area contributed by atoms with Crippen molar-refractivity contribution in [2.24, 2.45) is 5.73 Å². The highest BCUT2D eigenvalue weighted by Crippen LogP contribution is 2.32. The Morgan fingerprint density at radius 1 is 1.26 bits per heavy atom. The smallest absolute Gasteiger partial charge is 0.235 e. The van der Waals surface area contributed by atoms with Crippen LogP contribution < -0.4 is 16.4 Å². The van der Waals surface area contributed by atoms with Gasteiger partial charge in [0.2, 0.25) is 21.8 Å². The van der Waals surface area contributed by atoms with Crippen LogP contribution in [0.2, 0.25) is 0 Å². The molecule has 1 fully saturated rings. The van der Waals surface area contributed by atoms with Gasteiger partial charge in [-0.05, 0) is 36.2 Å². The standard InChI is InChI=1S/C27H27FN6O4S/c1-39(37,38)34-15-23(32-24(35)16-34)25(26(30)36)21-9-10-22(20-8-3-2-6-18(20)14-29)33-27(21)31-12-11-17-5-4-7-19(28)13-17/h2-10,13,23,25H,11-12,15-16H2,1H3,(H2,30,36)(H,31,33)(H,32,35). The van der Waals surface area contributed by atoms with E-state index in [0.717, 1.165) is 16.1 Å². The van der Waals surface area contributed by atoms with E-state index in [1.54, 1.807) is 48.5 Å². The van der Waals surface area contributed by atoms with Crippen molar-refractivity contribution in [2.45, 2.75) is 18.4 Å². The number of nitrogens with zero attached hydrogens (tertiary/aromatic N) is 3. The second-order valence-electron chi connectivity index (χ2n) is 9.21. The molecule has 0 aliphatic carbocycles. The molecule has 2 amide bonds. The number of pyridine rings is 1. The van der Waals surface area contributed by atoms with Crippen molar-refractivity contribution in [1.82, 2.24) is 14.6 Å². The maximum atomic E-state index is 13.6. The summed E-state index contributed by atoms with van der Waals surface area (Å²) in [6, 6.07) is 17.5. The van der Waals surface area contributed by atoms with E-state index in [9.17, 15) is 27.7 Å². The van der Waals surface area contributed by atoms with Gasteiger partial charge < -0.3 is 16.4 Å². The number of nitrogens with two attached hydrogens (primary N) is 1. The third kappa shape index (κ3) is 6.57. The van der Waals surface area contributed by atoms with Crippen LogP contribution in [-0.2, 0) is 26.0 Å². The maximum Gasteiger partial charge on any atom is 0.235 e. The van der Waals surface area contributed by atoms with Gasteiger partial charge in [0.25, 0.3) is 0 Å². The van der Waals surface area contributed by atoms with Gasteiger partial charge in [-0.25, -0.2) is 17.8 Å². The van der Waals surface area contributed by atoms with Crippen LogP contribution in [0.25, 0.3) is 11.3 Å². The van der Waals surface area contributed by atoms with Crippen LogP contribution >= 0.6 is 0 Å². The number of rotatable bonds is 9. The number of piperazine rings is 1. The van der Waals surface area contributed by atoms with E-state index >= 15 is 0 Å². The van der Waals surface area contributed by atoms with Crippen LogP contribution in [0.1, 0.15) is 22.6 Å². The molecule has 39 heavy (non-hydrogen) atoms. The topological polar surface area (TPSA) is 158 Å². The predicted molar refractivity (Wildman–Crippen MR) is 143 cm³/mol. The first-order chi connectivity index (χ1) is 18.6. The number of nitrogens with one attached hydrogen (secondary N) is 2. The number of halogens is 1. The molecular formula is C27H27FN6O4S. The molecule has 1 aliphatic heterocycles. The van der Waals surface area contributed by atoms with E-state index in [1.807, 2.05) is 0 Å². The van der Waals surface area contributed by atoms with Crippen molar-refractivity contribution in [3.8, 4) is 17.3 Å². The number of primary amides is 1. The Morgan fingerprint density at radius 2 is 2.03 bits per heavy atom. The number of amides is 2. The Kier molecular flexibility index (Phi) is 8.23. The van der Waals surface area contributed by atoms with Crippen molar-refractivity contribution in [2.75, 3.05) is 31.2 Å². The first-order valence-electron chi connectivity index (χ1n) is 12.1. The number of hydrogen-bond acceptors (Lipinski definition) is 7. The van der Waals surface area contributed by atoms with Crippen LogP contribution in [0.5, 0.6) is 0 Å². The summed E-state index contributed by atoms with van der Waals surface area (Å²) >= 11 is 0. The molecular weight excluding hydrogens is 523 g/mol. The fourth-order valence-corrected chi connectivity index (χ4v) is 5.37. The molecule has 1 saturated heterocycles. The number of anilines is 1. The third-order valence-corrected chi connectivity index (χ3v) is 7.64. The second kappa shape index (κ2) is 11.6. The summed E-state index contributed by atoms with van der Waals surface area (Å²) in [6.45, 7) is -0.202. The van der Waals surface area contributed by atoms with Gasteiger partial charge in [-0.3, -0.25) is 9.59 Å². The number of nitriles is 1. The van der Waals surface area contributed by atoms with Gasteiger partial charge in [0.1, 0.15) is 11.6 Å². The Hall–Kier alpha value is -4.34. The summed E-state index contributed by atoms with van der Waals surface area (Å²) in [5.74, 6) is -2.56. The summed E-state index contributed by atoms with van der Waals surface area (Å²) < 4.78 is 39.0. The Labute approximate surface area is 225 Å². The van der Waals surface area contributed by atoms with Crippen LogP contribution in [0.15, 0.2) is 60.7 Å². The quantitative estimate of drug-likeness (QED) is 0.366. The molecule has 2 heterocycles. The average Bonchev–Trinajstić information content (AvgIpc) is 2.88. The van der Waals surface area contributed by atoms with E-state index in [4.69, 9.17) is 10.7 Å². The lowest BCUT2D eigenvalue weighted by Crippen LogP contribution is -2.59. The lowest BCUT2D eigenvalue weighted by Gasteiger charge is -2.35. The highest BCUT2D eigenvalue weighted by molar-refractivity contribution is 7.88. The fourth-order valence-electron chi connectivity index (χ4n) is 4.59. The van der Waals surface area contributed by atoms with Gasteiger partial charge in [-0.2, -0.15) is 9.57 Å². The third-order valence-electron chi connectivity index (χ3n) is 6.42. The van der Waals surface area contributed by atoms with Crippen molar-refractivity contribution in [1.29, 1.82) is 5.26 Å². The van der Waals surface area contributed by atoms with E-state index in [0.29, 0.717) is 35.3 Å². The zero-order valence-electron chi connectivity index (χ0n) is 21.1. The lowest BCUT2D eigenvalue weighted by atomic mass is 9.89. The predicted octanol–water partition coefficient (Wildman–Crippen LogP) is 1.74. The zero-order valence-corrected chi connectivity index (χ0v) is 21.9. The summed E-state index contributed by atoms with van der Waals surface area (Å²) in [7, 11) is -3.71. The average molecular weight is 551 g/mol.